The van der Waals surface area contributed by atoms with E-state index in [4.69, 9.17) is 5.11 Å². The monoisotopic (exact) mass is 205 g/mol. The van der Waals surface area contributed by atoms with Gasteiger partial charge >= 0.3 is 5.97 Å². The predicted octanol–water partition coefficient (Wildman–Crippen LogP) is 0.428. The Morgan fingerprint density at radius 2 is 2.00 bits per heavy atom. The van der Waals surface area contributed by atoms with Gasteiger partial charge in [-0.25, -0.2) is 4.79 Å². The molecule has 1 aliphatic heterocycles. The molecule has 2 atom stereocenters. The number of carbonyl (C=O) groups excluding carboxylic acids is 1. The average Bonchev–Trinajstić information content (AvgIpc) is 2.23. The van der Waals surface area contributed by atoms with Crippen LogP contribution < -0.4 is 5.32 Å². The standard InChI is InChI=1S/C11H11NO3/c13-10-8(9(12-10)11(14)15)6-7-4-2-1-3-5-7/h1-5,8-9H,6H2,(H,12,13)(H,14,15). The van der Waals surface area contributed by atoms with Gasteiger partial charge in [-0.2, -0.15) is 0 Å². The van der Waals surface area contributed by atoms with Gasteiger partial charge in [0, 0.05) is 0 Å². The Morgan fingerprint density at radius 3 is 2.53 bits per heavy atom. The van der Waals surface area contributed by atoms with E-state index in [1.54, 1.807) is 0 Å². The van der Waals surface area contributed by atoms with Crippen molar-refractivity contribution in [3.63, 3.8) is 0 Å². The molecule has 1 aromatic carbocycles. The lowest BCUT2D eigenvalue weighted by Gasteiger charge is -2.33. The largest absolute Gasteiger partial charge is 0.480 e. The normalized spacial score (nSPS) is 24.1. The second-order valence-corrected chi connectivity index (χ2v) is 3.62. The predicted molar refractivity (Wildman–Crippen MR) is 53.2 cm³/mol. The van der Waals surface area contributed by atoms with E-state index in [1.807, 2.05) is 30.3 Å². The Bertz CT molecular complexity index is 388. The van der Waals surface area contributed by atoms with Gasteiger partial charge < -0.3 is 10.4 Å². The van der Waals surface area contributed by atoms with Gasteiger partial charge in [-0.15, -0.1) is 0 Å². The summed E-state index contributed by atoms with van der Waals surface area (Å²) in [6, 6.07) is 8.70. The molecular weight excluding hydrogens is 194 g/mol. The molecule has 78 valence electrons. The second kappa shape index (κ2) is 3.73. The summed E-state index contributed by atoms with van der Waals surface area (Å²) in [5, 5.41) is 11.2. The minimum Gasteiger partial charge on any atom is -0.480 e. The van der Waals surface area contributed by atoms with Gasteiger partial charge in [0.25, 0.3) is 0 Å². The van der Waals surface area contributed by atoms with Crippen LogP contribution in [-0.4, -0.2) is 23.0 Å². The third-order valence-electron chi connectivity index (χ3n) is 2.60. The van der Waals surface area contributed by atoms with E-state index in [-0.39, 0.29) is 5.91 Å². The molecule has 1 heterocycles. The summed E-state index contributed by atoms with van der Waals surface area (Å²) in [4.78, 5) is 21.9. The summed E-state index contributed by atoms with van der Waals surface area (Å²) in [5.41, 5.74) is 0.989. The molecule has 1 fully saturated rings. The van der Waals surface area contributed by atoms with E-state index in [0.29, 0.717) is 6.42 Å². The lowest BCUT2D eigenvalue weighted by Crippen LogP contribution is -2.62. The summed E-state index contributed by atoms with van der Waals surface area (Å²) < 4.78 is 0. The Kier molecular flexibility index (Phi) is 2.41. The molecule has 4 heteroatoms. The number of benzene rings is 1. The first kappa shape index (κ1) is 9.71. The smallest absolute Gasteiger partial charge is 0.327 e. The first-order valence-electron chi connectivity index (χ1n) is 4.75. The number of carbonyl (C=O) groups is 2. The summed E-state index contributed by atoms with van der Waals surface area (Å²) in [5.74, 6) is -1.56. The van der Waals surface area contributed by atoms with Crippen molar-refractivity contribution in [3.8, 4) is 0 Å². The zero-order valence-electron chi connectivity index (χ0n) is 8.01. The van der Waals surface area contributed by atoms with Crippen molar-refractivity contribution in [2.45, 2.75) is 12.5 Å². The summed E-state index contributed by atoms with van der Waals surface area (Å²) in [6.45, 7) is 0. The highest BCUT2D eigenvalue weighted by atomic mass is 16.4. The number of hydrogen-bond acceptors (Lipinski definition) is 2. The molecule has 1 amide bonds. The van der Waals surface area contributed by atoms with Crippen molar-refractivity contribution < 1.29 is 14.7 Å². The van der Waals surface area contributed by atoms with Crippen LogP contribution in [0.15, 0.2) is 30.3 Å². The van der Waals surface area contributed by atoms with Gasteiger partial charge in [0.1, 0.15) is 6.04 Å². The van der Waals surface area contributed by atoms with E-state index < -0.39 is 17.9 Å². The van der Waals surface area contributed by atoms with Crippen LogP contribution in [0.5, 0.6) is 0 Å². The quantitative estimate of drug-likeness (QED) is 0.703. The third kappa shape index (κ3) is 1.83. The van der Waals surface area contributed by atoms with E-state index in [2.05, 4.69) is 5.32 Å². The van der Waals surface area contributed by atoms with Crippen molar-refractivity contribution in [2.75, 3.05) is 0 Å². The van der Waals surface area contributed by atoms with Gasteiger partial charge in [0.15, 0.2) is 0 Å². The van der Waals surface area contributed by atoms with E-state index in [1.165, 1.54) is 0 Å². The topological polar surface area (TPSA) is 66.4 Å². The molecule has 0 spiro atoms. The number of hydrogen-bond donors (Lipinski definition) is 2. The zero-order chi connectivity index (χ0) is 10.8. The van der Waals surface area contributed by atoms with Gasteiger partial charge in [0.2, 0.25) is 5.91 Å². The molecule has 0 radical (unpaired) electrons. The minimum absolute atomic E-state index is 0.175. The molecule has 2 unspecified atom stereocenters. The first-order chi connectivity index (χ1) is 7.18. The highest BCUT2D eigenvalue weighted by molar-refractivity contribution is 5.96. The number of carboxylic acid groups (broad SMARTS) is 1. The summed E-state index contributed by atoms with van der Waals surface area (Å²) in [6.07, 6.45) is 0.490. The molecule has 0 aromatic heterocycles. The van der Waals surface area contributed by atoms with Crippen LogP contribution in [0.25, 0.3) is 0 Å². The van der Waals surface area contributed by atoms with Crippen LogP contribution in [0, 0.1) is 5.92 Å². The molecular formula is C11H11NO3. The average molecular weight is 205 g/mol. The van der Waals surface area contributed by atoms with Crippen molar-refractivity contribution in [1.82, 2.24) is 5.32 Å². The van der Waals surface area contributed by atoms with Crippen LogP contribution in [0.4, 0.5) is 0 Å². The Labute approximate surface area is 86.9 Å². The van der Waals surface area contributed by atoms with Crippen molar-refractivity contribution in [3.05, 3.63) is 35.9 Å². The van der Waals surface area contributed by atoms with Gasteiger partial charge in [0.05, 0.1) is 5.92 Å². The maximum atomic E-state index is 11.2. The number of aliphatic carboxylic acids is 1. The van der Waals surface area contributed by atoms with Crippen molar-refractivity contribution in [2.24, 2.45) is 5.92 Å². The molecule has 0 bridgehead atoms. The maximum Gasteiger partial charge on any atom is 0.327 e. The molecule has 4 nitrogen and oxygen atoms in total. The highest BCUT2D eigenvalue weighted by Crippen LogP contribution is 2.20. The summed E-state index contributed by atoms with van der Waals surface area (Å²) >= 11 is 0. The molecule has 0 aliphatic carbocycles. The second-order valence-electron chi connectivity index (χ2n) is 3.62. The molecule has 1 saturated heterocycles. The number of β-lactam (4-membered cyclic amide) rings is 1. The SMILES string of the molecule is O=C1NC(C(=O)O)C1Cc1ccccc1. The fourth-order valence-corrected chi connectivity index (χ4v) is 1.73. The lowest BCUT2D eigenvalue weighted by molar-refractivity contribution is -0.153. The Balaban J connectivity index is 2.06. The fraction of sp³-hybridized carbons (Fsp3) is 0.273. The van der Waals surface area contributed by atoms with Crippen molar-refractivity contribution in [1.29, 1.82) is 0 Å². The van der Waals surface area contributed by atoms with Gasteiger partial charge in [-0.3, -0.25) is 4.79 Å². The van der Waals surface area contributed by atoms with Crippen LogP contribution in [-0.2, 0) is 16.0 Å². The van der Waals surface area contributed by atoms with E-state index in [9.17, 15) is 9.59 Å². The first-order valence-corrected chi connectivity index (χ1v) is 4.75. The van der Waals surface area contributed by atoms with Crippen LogP contribution in [0.3, 0.4) is 0 Å². The Hall–Kier alpha value is -1.84. The van der Waals surface area contributed by atoms with Crippen LogP contribution in [0.1, 0.15) is 5.56 Å². The Morgan fingerprint density at radius 1 is 1.33 bits per heavy atom. The summed E-state index contributed by atoms with van der Waals surface area (Å²) in [7, 11) is 0. The number of carboxylic acids is 1. The molecule has 0 saturated carbocycles. The minimum atomic E-state index is -0.962. The zero-order valence-corrected chi connectivity index (χ0v) is 8.01. The van der Waals surface area contributed by atoms with Gasteiger partial charge in [-0.1, -0.05) is 30.3 Å². The van der Waals surface area contributed by atoms with Crippen LogP contribution >= 0.6 is 0 Å². The van der Waals surface area contributed by atoms with Crippen LogP contribution in [0.2, 0.25) is 0 Å². The number of rotatable bonds is 3. The maximum absolute atomic E-state index is 11.2. The van der Waals surface area contributed by atoms with Crippen molar-refractivity contribution >= 4 is 11.9 Å². The third-order valence-corrected chi connectivity index (χ3v) is 2.60. The van der Waals surface area contributed by atoms with Gasteiger partial charge in [-0.05, 0) is 12.0 Å². The molecule has 1 aromatic rings. The molecule has 1 aliphatic rings. The van der Waals surface area contributed by atoms with E-state index >= 15 is 0 Å². The van der Waals surface area contributed by atoms with E-state index in [0.717, 1.165) is 5.56 Å². The number of nitrogens with one attached hydrogen (secondary N) is 1. The number of amides is 1. The fourth-order valence-electron chi connectivity index (χ4n) is 1.73. The molecule has 2 N–H and O–H groups in total. The molecule has 15 heavy (non-hydrogen) atoms. The lowest BCUT2D eigenvalue weighted by atomic mass is 9.85. The highest BCUT2D eigenvalue weighted by Gasteiger charge is 2.43. The molecule has 2 rings (SSSR count).